The van der Waals surface area contributed by atoms with Gasteiger partial charge in [0.25, 0.3) is 0 Å². The molecule has 436 valence electrons. The number of aromatic amines is 1. The second-order valence-corrected chi connectivity index (χ2v) is 26.3. The van der Waals surface area contributed by atoms with Gasteiger partial charge in [-0.05, 0) is 71.4 Å². The van der Waals surface area contributed by atoms with Gasteiger partial charge in [0.15, 0.2) is 11.6 Å². The molecule has 6 heterocycles. The van der Waals surface area contributed by atoms with Gasteiger partial charge in [0.1, 0.15) is 0 Å². The molecule has 0 fully saturated rings. The SMILES string of the molecule is Brc1cccc(-c2nc(-c3ccccc3)c3ccccc3n2)c1.c1ccc(-c2nc(-c3cccc(-n4c5ccccc5c5c6ccccc6c6sc7ccccc7c6c54)c3)nc3ccccc23)cc1.c1ccc2c(c1)[nH]c1c2c2ccccc2c2sc3ccccc3c12. The van der Waals surface area contributed by atoms with Crippen LogP contribution in [-0.4, -0.2) is 29.5 Å². The molecular weight excluding hydrogens is 1240 g/mol. The zero-order valence-corrected chi connectivity index (χ0v) is 53.0. The number of rotatable bonds is 5. The van der Waals surface area contributed by atoms with Gasteiger partial charge in [0.05, 0.1) is 39.0 Å². The molecule has 1 N–H and O–H groups in total. The number of nitrogens with zero attached hydrogens (tertiary/aromatic N) is 5. The molecule has 0 bridgehead atoms. The molecule has 93 heavy (non-hydrogen) atoms. The van der Waals surface area contributed by atoms with Gasteiger partial charge in [-0.1, -0.05) is 259 Å². The van der Waals surface area contributed by atoms with E-state index in [9.17, 15) is 0 Å². The molecule has 0 unspecified atom stereocenters. The van der Waals surface area contributed by atoms with Gasteiger partial charge in [0.2, 0.25) is 0 Å². The standard InChI is InChI=1S/C42H25N3S.C22H13NS.C20H13BrN2/c1-2-13-26(14-3-1)39-31-19-6-9-22-34(31)43-42(44-39)27-15-12-16-28(25-27)45-35-23-10-7-20-32(35)37-29-17-4-5-18-30(29)41-38(40(37)45)33-21-8-11-24-36(33)46-41;1-2-8-14-13(7-1)19-15-9-3-5-11-17(15)23-21(19)20-16-10-4-6-12-18(16)24-22(14)20;21-16-10-6-9-15(13-16)20-22-18-12-5-4-11-17(18)19(23-20)14-7-2-1-3-8-14/h1-25H;1-12,23H;1-13H. The maximum absolute atomic E-state index is 5.19. The predicted molar refractivity (Wildman–Crippen MR) is 399 cm³/mol. The Labute approximate surface area is 550 Å². The first-order chi connectivity index (χ1) is 46.1. The summed E-state index contributed by atoms with van der Waals surface area (Å²) in [6.07, 6.45) is 0. The van der Waals surface area contributed by atoms with Gasteiger partial charge in [0, 0.05) is 121 Å². The summed E-state index contributed by atoms with van der Waals surface area (Å²) < 4.78 is 8.85. The lowest BCUT2D eigenvalue weighted by Crippen LogP contribution is -1.98. The van der Waals surface area contributed by atoms with E-state index in [0.29, 0.717) is 0 Å². The predicted octanol–water partition coefficient (Wildman–Crippen LogP) is 24.2. The van der Waals surface area contributed by atoms with E-state index in [-0.39, 0.29) is 0 Å². The Morgan fingerprint density at radius 3 is 1.35 bits per heavy atom. The first-order valence-corrected chi connectivity index (χ1v) is 33.5. The Hall–Kier alpha value is -11.2. The zero-order valence-electron chi connectivity index (χ0n) is 49.8. The van der Waals surface area contributed by atoms with Crippen LogP contribution in [0.1, 0.15) is 0 Å². The van der Waals surface area contributed by atoms with Crippen LogP contribution < -0.4 is 0 Å². The monoisotopic (exact) mass is 1290 g/mol. The second-order valence-electron chi connectivity index (χ2n) is 23.3. The Kier molecular flexibility index (Phi) is 13.3. The second kappa shape index (κ2) is 22.6. The van der Waals surface area contributed by atoms with Crippen LogP contribution in [0.3, 0.4) is 0 Å². The minimum Gasteiger partial charge on any atom is -0.354 e. The van der Waals surface area contributed by atoms with E-state index in [2.05, 4.69) is 256 Å². The van der Waals surface area contributed by atoms with E-state index >= 15 is 0 Å². The van der Waals surface area contributed by atoms with Gasteiger partial charge in [-0.3, -0.25) is 0 Å². The summed E-state index contributed by atoms with van der Waals surface area (Å²) in [5.74, 6) is 1.46. The number of H-pyrrole nitrogens is 1. The minimum absolute atomic E-state index is 0.719. The molecule has 0 aliphatic rings. The fourth-order valence-electron chi connectivity index (χ4n) is 13.8. The summed E-state index contributed by atoms with van der Waals surface area (Å²) in [7, 11) is 0. The largest absolute Gasteiger partial charge is 0.354 e. The molecule has 20 aromatic rings. The topological polar surface area (TPSA) is 72.3 Å². The normalized spacial score (nSPS) is 11.7. The first-order valence-electron chi connectivity index (χ1n) is 31.0. The van der Waals surface area contributed by atoms with Gasteiger partial charge in [-0.25, -0.2) is 19.9 Å². The number of fused-ring (bicyclic) bond motifs is 22. The molecule has 0 radical (unpaired) electrons. The Morgan fingerprint density at radius 1 is 0.312 bits per heavy atom. The van der Waals surface area contributed by atoms with Crippen LogP contribution >= 0.6 is 38.6 Å². The Balaban J connectivity index is 0.000000114. The van der Waals surface area contributed by atoms with Crippen molar-refractivity contribution < 1.29 is 0 Å². The quantitative estimate of drug-likeness (QED) is 0.186. The third-order valence-corrected chi connectivity index (χ3v) is 20.8. The highest BCUT2D eigenvalue weighted by molar-refractivity contribution is 9.10. The van der Waals surface area contributed by atoms with E-state index in [4.69, 9.17) is 19.9 Å². The summed E-state index contributed by atoms with van der Waals surface area (Å²) in [5.41, 5.74) is 14.0. The van der Waals surface area contributed by atoms with Crippen molar-refractivity contribution in [1.82, 2.24) is 29.5 Å². The summed E-state index contributed by atoms with van der Waals surface area (Å²) in [5, 5.41) is 17.9. The van der Waals surface area contributed by atoms with Crippen molar-refractivity contribution in [1.29, 1.82) is 0 Å². The molecular formula is C84H51BrN6S2. The Bertz CT molecular complexity index is 6350. The van der Waals surface area contributed by atoms with Crippen LogP contribution in [0.4, 0.5) is 0 Å². The van der Waals surface area contributed by atoms with Crippen LogP contribution in [0, 0.1) is 0 Å². The maximum Gasteiger partial charge on any atom is 0.160 e. The highest BCUT2D eigenvalue weighted by Gasteiger charge is 2.23. The lowest BCUT2D eigenvalue weighted by molar-refractivity contribution is 1.18. The fraction of sp³-hybridized carbons (Fsp3) is 0. The van der Waals surface area contributed by atoms with E-state index < -0.39 is 0 Å². The zero-order chi connectivity index (χ0) is 61.5. The van der Waals surface area contributed by atoms with Crippen LogP contribution in [-0.2, 0) is 0 Å². The molecule has 0 atom stereocenters. The third kappa shape index (κ3) is 9.26. The highest BCUT2D eigenvalue weighted by Crippen LogP contribution is 2.49. The number of thiophene rings is 2. The number of para-hydroxylation sites is 4. The van der Waals surface area contributed by atoms with Gasteiger partial charge in [-0.2, -0.15) is 0 Å². The van der Waals surface area contributed by atoms with Crippen LogP contribution in [0.15, 0.2) is 308 Å². The number of hydrogen-bond donors (Lipinski definition) is 1. The van der Waals surface area contributed by atoms with Crippen molar-refractivity contribution in [3.05, 3.63) is 308 Å². The number of aromatic nitrogens is 6. The van der Waals surface area contributed by atoms with Crippen LogP contribution in [0.5, 0.6) is 0 Å². The molecule has 0 saturated carbocycles. The summed E-state index contributed by atoms with van der Waals surface area (Å²) in [6.45, 7) is 0. The molecule has 20 rings (SSSR count). The number of benzene rings is 14. The van der Waals surface area contributed by atoms with E-state index in [1.54, 1.807) is 0 Å². The van der Waals surface area contributed by atoms with Crippen molar-refractivity contribution in [3.63, 3.8) is 0 Å². The number of hydrogen-bond acceptors (Lipinski definition) is 6. The smallest absolute Gasteiger partial charge is 0.160 e. The molecule has 0 amide bonds. The summed E-state index contributed by atoms with van der Waals surface area (Å²) in [4.78, 5) is 23.6. The summed E-state index contributed by atoms with van der Waals surface area (Å²) >= 11 is 7.30. The third-order valence-electron chi connectivity index (χ3n) is 17.9. The van der Waals surface area contributed by atoms with Crippen LogP contribution in [0.25, 0.3) is 178 Å². The molecule has 0 spiro atoms. The van der Waals surface area contributed by atoms with Crippen molar-refractivity contribution >= 4 is 166 Å². The van der Waals surface area contributed by atoms with E-state index in [0.717, 1.165) is 77.3 Å². The average molecular weight is 1290 g/mol. The molecule has 0 saturated heterocycles. The van der Waals surface area contributed by atoms with Crippen molar-refractivity contribution in [2.45, 2.75) is 0 Å². The molecule has 6 nitrogen and oxygen atoms in total. The minimum atomic E-state index is 0.719. The molecule has 9 heteroatoms. The van der Waals surface area contributed by atoms with Gasteiger partial charge < -0.3 is 9.55 Å². The maximum atomic E-state index is 5.19. The highest BCUT2D eigenvalue weighted by atomic mass is 79.9. The van der Waals surface area contributed by atoms with Crippen LogP contribution in [0.2, 0.25) is 0 Å². The van der Waals surface area contributed by atoms with Gasteiger partial charge >= 0.3 is 0 Å². The Morgan fingerprint density at radius 2 is 0.753 bits per heavy atom. The number of halogens is 1. The van der Waals surface area contributed by atoms with Crippen molar-refractivity contribution in [2.75, 3.05) is 0 Å². The lowest BCUT2D eigenvalue weighted by Gasteiger charge is -2.13. The molecule has 6 aromatic heterocycles. The van der Waals surface area contributed by atoms with Crippen molar-refractivity contribution in [3.8, 4) is 51.0 Å². The van der Waals surface area contributed by atoms with Gasteiger partial charge in [-0.15, -0.1) is 22.7 Å². The molecule has 14 aromatic carbocycles. The molecule has 0 aliphatic carbocycles. The number of nitrogens with one attached hydrogen (secondary N) is 1. The lowest BCUT2D eigenvalue weighted by atomic mass is 10.00. The fourth-order valence-corrected chi connectivity index (χ4v) is 16.7. The average Bonchev–Trinajstić information content (AvgIpc) is 1.55. The molecule has 0 aliphatic heterocycles. The van der Waals surface area contributed by atoms with E-state index in [1.807, 2.05) is 95.5 Å². The first kappa shape index (κ1) is 54.7. The summed E-state index contributed by atoms with van der Waals surface area (Å²) in [6, 6.07) is 107. The van der Waals surface area contributed by atoms with E-state index in [1.165, 1.54) is 106 Å². The van der Waals surface area contributed by atoms with Crippen molar-refractivity contribution in [2.24, 2.45) is 0 Å².